The van der Waals surface area contributed by atoms with E-state index >= 15 is 0 Å². The molecule has 4 nitrogen and oxygen atoms in total. The second kappa shape index (κ2) is 5.57. The van der Waals surface area contributed by atoms with Crippen LogP contribution < -0.4 is 5.32 Å². The molecule has 1 amide bonds. The summed E-state index contributed by atoms with van der Waals surface area (Å²) in [6.07, 6.45) is 7.03. The molecule has 102 valence electrons. The van der Waals surface area contributed by atoms with Crippen LogP contribution in [0.3, 0.4) is 0 Å². The normalized spacial score (nSPS) is 33.8. The minimum atomic E-state index is 0.0933. The van der Waals surface area contributed by atoms with Crippen LogP contribution in [0, 0.1) is 5.92 Å². The van der Waals surface area contributed by atoms with Crippen molar-refractivity contribution >= 4 is 5.91 Å². The summed E-state index contributed by atoms with van der Waals surface area (Å²) in [5.74, 6) is 0.890. The number of amides is 1. The predicted octanol–water partition coefficient (Wildman–Crippen LogP) is 1.16. The van der Waals surface area contributed by atoms with Crippen LogP contribution in [0.25, 0.3) is 0 Å². The van der Waals surface area contributed by atoms with Gasteiger partial charge in [-0.15, -0.1) is 0 Å². The highest BCUT2D eigenvalue weighted by atomic mass is 16.5. The number of nitrogens with zero attached hydrogens (tertiary/aromatic N) is 1. The summed E-state index contributed by atoms with van der Waals surface area (Å²) in [5.41, 5.74) is 0. The third kappa shape index (κ3) is 3.04. The number of ether oxygens (including phenoxy) is 1. The summed E-state index contributed by atoms with van der Waals surface area (Å²) in [4.78, 5) is 14.5. The standard InChI is InChI=1S/C14H24N2O2/c17-14-13(15-12-5-6-12)4-1-7-16(14)9-11-3-2-8-18-10-11/h11-13,15H,1-10H2. The van der Waals surface area contributed by atoms with Crippen molar-refractivity contribution in [3.63, 3.8) is 0 Å². The second-order valence-corrected chi connectivity index (χ2v) is 6.00. The maximum atomic E-state index is 12.4. The summed E-state index contributed by atoms with van der Waals surface area (Å²) < 4.78 is 5.51. The number of hydrogen-bond acceptors (Lipinski definition) is 3. The van der Waals surface area contributed by atoms with E-state index in [0.717, 1.165) is 45.6 Å². The molecule has 0 aromatic rings. The van der Waals surface area contributed by atoms with Gasteiger partial charge in [-0.05, 0) is 44.4 Å². The predicted molar refractivity (Wildman–Crippen MR) is 69.3 cm³/mol. The number of carbonyl (C=O) groups excluding carboxylic acids is 1. The average molecular weight is 252 g/mol. The van der Waals surface area contributed by atoms with Crippen molar-refractivity contribution in [3.05, 3.63) is 0 Å². The monoisotopic (exact) mass is 252 g/mol. The number of piperidine rings is 1. The Morgan fingerprint density at radius 3 is 2.83 bits per heavy atom. The van der Waals surface area contributed by atoms with Gasteiger partial charge in [-0.25, -0.2) is 0 Å². The first-order chi connectivity index (χ1) is 8.83. The highest BCUT2D eigenvalue weighted by Gasteiger charge is 2.34. The number of likely N-dealkylation sites (tertiary alicyclic amines) is 1. The third-order valence-corrected chi connectivity index (χ3v) is 4.28. The molecule has 0 spiro atoms. The van der Waals surface area contributed by atoms with Crippen molar-refractivity contribution < 1.29 is 9.53 Å². The lowest BCUT2D eigenvalue weighted by Gasteiger charge is -2.36. The van der Waals surface area contributed by atoms with E-state index in [9.17, 15) is 4.79 Å². The molecule has 3 fully saturated rings. The van der Waals surface area contributed by atoms with Crippen molar-refractivity contribution in [2.24, 2.45) is 5.92 Å². The van der Waals surface area contributed by atoms with Gasteiger partial charge < -0.3 is 15.0 Å². The first-order valence-corrected chi connectivity index (χ1v) is 7.45. The fourth-order valence-corrected chi connectivity index (χ4v) is 3.07. The van der Waals surface area contributed by atoms with Crippen molar-refractivity contribution in [3.8, 4) is 0 Å². The number of hydrogen-bond donors (Lipinski definition) is 1. The van der Waals surface area contributed by atoms with E-state index < -0.39 is 0 Å². The summed E-state index contributed by atoms with van der Waals surface area (Å²) in [5, 5.41) is 3.49. The minimum absolute atomic E-state index is 0.0933. The Kier molecular flexibility index (Phi) is 3.85. The molecule has 4 heteroatoms. The molecule has 2 aliphatic heterocycles. The van der Waals surface area contributed by atoms with Crippen LogP contribution in [0.4, 0.5) is 0 Å². The molecule has 2 heterocycles. The molecular formula is C14H24N2O2. The fourth-order valence-electron chi connectivity index (χ4n) is 3.07. The molecule has 2 unspecified atom stereocenters. The fraction of sp³-hybridized carbons (Fsp3) is 0.929. The molecule has 18 heavy (non-hydrogen) atoms. The van der Waals surface area contributed by atoms with Crippen molar-refractivity contribution in [1.29, 1.82) is 0 Å². The van der Waals surface area contributed by atoms with Crippen LogP contribution >= 0.6 is 0 Å². The van der Waals surface area contributed by atoms with Crippen LogP contribution in [0.2, 0.25) is 0 Å². The van der Waals surface area contributed by atoms with E-state index in [1.165, 1.54) is 19.3 Å². The van der Waals surface area contributed by atoms with Gasteiger partial charge in [0.25, 0.3) is 0 Å². The summed E-state index contributed by atoms with van der Waals surface area (Å²) in [6, 6.07) is 0.715. The first kappa shape index (κ1) is 12.4. The zero-order valence-electron chi connectivity index (χ0n) is 11.1. The summed E-state index contributed by atoms with van der Waals surface area (Å²) in [6.45, 7) is 3.58. The minimum Gasteiger partial charge on any atom is -0.381 e. The maximum absolute atomic E-state index is 12.4. The lowest BCUT2D eigenvalue weighted by atomic mass is 9.98. The Labute approximate surface area is 109 Å². The van der Waals surface area contributed by atoms with Crippen LogP contribution in [-0.2, 0) is 9.53 Å². The zero-order valence-corrected chi connectivity index (χ0v) is 11.1. The SMILES string of the molecule is O=C1C(NC2CC2)CCCN1CC1CCCOC1. The first-order valence-electron chi connectivity index (χ1n) is 7.45. The molecule has 2 saturated heterocycles. The lowest BCUT2D eigenvalue weighted by molar-refractivity contribution is -0.137. The van der Waals surface area contributed by atoms with Gasteiger partial charge in [0.2, 0.25) is 5.91 Å². The van der Waals surface area contributed by atoms with Gasteiger partial charge in [-0.2, -0.15) is 0 Å². The summed E-state index contributed by atoms with van der Waals surface area (Å²) >= 11 is 0. The van der Waals surface area contributed by atoms with Crippen molar-refractivity contribution in [1.82, 2.24) is 10.2 Å². The summed E-state index contributed by atoms with van der Waals surface area (Å²) in [7, 11) is 0. The van der Waals surface area contributed by atoms with E-state index in [0.29, 0.717) is 17.9 Å². The van der Waals surface area contributed by atoms with Gasteiger partial charge in [0.15, 0.2) is 0 Å². The van der Waals surface area contributed by atoms with Crippen molar-refractivity contribution in [2.75, 3.05) is 26.3 Å². The Hall–Kier alpha value is -0.610. The van der Waals surface area contributed by atoms with Gasteiger partial charge in [-0.1, -0.05) is 0 Å². The number of rotatable bonds is 4. The molecule has 1 aliphatic carbocycles. The Morgan fingerprint density at radius 1 is 1.22 bits per heavy atom. The highest BCUT2D eigenvalue weighted by molar-refractivity contribution is 5.82. The topological polar surface area (TPSA) is 41.6 Å². The molecule has 1 N–H and O–H groups in total. The van der Waals surface area contributed by atoms with E-state index in [-0.39, 0.29) is 6.04 Å². The molecule has 0 aromatic carbocycles. The van der Waals surface area contributed by atoms with E-state index in [1.807, 2.05) is 0 Å². The van der Waals surface area contributed by atoms with Crippen LogP contribution in [0.5, 0.6) is 0 Å². The molecule has 3 aliphatic rings. The molecule has 3 rings (SSSR count). The Morgan fingerprint density at radius 2 is 2.11 bits per heavy atom. The lowest BCUT2D eigenvalue weighted by Crippen LogP contribution is -2.52. The molecule has 1 saturated carbocycles. The van der Waals surface area contributed by atoms with E-state index in [1.54, 1.807) is 0 Å². The smallest absolute Gasteiger partial charge is 0.239 e. The average Bonchev–Trinajstić information content (AvgIpc) is 3.20. The number of carbonyl (C=O) groups is 1. The third-order valence-electron chi connectivity index (χ3n) is 4.28. The van der Waals surface area contributed by atoms with Crippen molar-refractivity contribution in [2.45, 2.75) is 50.6 Å². The zero-order chi connectivity index (χ0) is 12.4. The van der Waals surface area contributed by atoms with Crippen LogP contribution in [-0.4, -0.2) is 49.2 Å². The van der Waals surface area contributed by atoms with E-state index in [2.05, 4.69) is 10.2 Å². The Bertz CT molecular complexity index is 298. The van der Waals surface area contributed by atoms with Gasteiger partial charge in [0.05, 0.1) is 12.6 Å². The molecular weight excluding hydrogens is 228 g/mol. The quantitative estimate of drug-likeness (QED) is 0.816. The Balaban J connectivity index is 1.51. The molecule has 0 radical (unpaired) electrons. The number of nitrogens with one attached hydrogen (secondary N) is 1. The molecule has 2 atom stereocenters. The molecule has 0 aromatic heterocycles. The van der Waals surface area contributed by atoms with E-state index in [4.69, 9.17) is 4.74 Å². The van der Waals surface area contributed by atoms with Gasteiger partial charge in [-0.3, -0.25) is 4.79 Å². The highest BCUT2D eigenvalue weighted by Crippen LogP contribution is 2.23. The van der Waals surface area contributed by atoms with Crippen LogP contribution in [0.15, 0.2) is 0 Å². The van der Waals surface area contributed by atoms with Gasteiger partial charge in [0.1, 0.15) is 0 Å². The second-order valence-electron chi connectivity index (χ2n) is 6.00. The largest absolute Gasteiger partial charge is 0.381 e. The van der Waals surface area contributed by atoms with Gasteiger partial charge >= 0.3 is 0 Å². The maximum Gasteiger partial charge on any atom is 0.239 e. The molecule has 0 bridgehead atoms. The van der Waals surface area contributed by atoms with Gasteiger partial charge in [0, 0.05) is 25.7 Å². The van der Waals surface area contributed by atoms with Crippen LogP contribution in [0.1, 0.15) is 38.5 Å².